The first kappa shape index (κ1) is 15.5. The number of carboxylic acids is 1. The summed E-state index contributed by atoms with van der Waals surface area (Å²) in [6.45, 7) is 4.60. The number of nitrogens with zero attached hydrogens (tertiary/aromatic N) is 3. The number of carboxylic acid groups (broad SMARTS) is 1. The van der Waals surface area contributed by atoms with Crippen LogP contribution in [0.25, 0.3) is 0 Å². The molecule has 0 radical (unpaired) electrons. The van der Waals surface area contributed by atoms with E-state index in [1.807, 2.05) is 13.8 Å². The van der Waals surface area contributed by atoms with E-state index in [4.69, 9.17) is 5.11 Å². The van der Waals surface area contributed by atoms with Crippen LogP contribution in [0.1, 0.15) is 68.3 Å². The van der Waals surface area contributed by atoms with Gasteiger partial charge in [0.1, 0.15) is 5.82 Å². The van der Waals surface area contributed by atoms with E-state index in [2.05, 4.69) is 15.2 Å². The molecule has 0 bridgehead atoms. The summed E-state index contributed by atoms with van der Waals surface area (Å²) in [4.78, 5) is 29.2. The first-order valence-electron chi connectivity index (χ1n) is 7.44. The number of aromatic nitrogens is 3. The second-order valence-corrected chi connectivity index (χ2v) is 5.78. The molecule has 0 spiro atoms. The number of aromatic amines is 1. The van der Waals surface area contributed by atoms with Crippen molar-refractivity contribution in [2.24, 2.45) is 0 Å². The van der Waals surface area contributed by atoms with E-state index in [-0.39, 0.29) is 30.1 Å². The Balaban J connectivity index is 2.08. The molecule has 2 N–H and O–H groups in total. The van der Waals surface area contributed by atoms with Crippen LogP contribution in [0.5, 0.6) is 0 Å². The van der Waals surface area contributed by atoms with Gasteiger partial charge in [-0.2, -0.15) is 0 Å². The molecule has 1 atom stereocenters. The van der Waals surface area contributed by atoms with Gasteiger partial charge < -0.3 is 10.0 Å². The van der Waals surface area contributed by atoms with Crippen molar-refractivity contribution >= 4 is 11.9 Å². The lowest BCUT2D eigenvalue weighted by Gasteiger charge is -2.34. The molecule has 7 nitrogen and oxygen atoms in total. The number of carbonyl (C=O) groups excluding carboxylic acids is 1. The molecule has 2 heterocycles. The standard InChI is InChI=1S/C14H22N4O3/c1-9(2)12-15-13(17-16-12)14(21)18-8-4-3-5-10(18)6-7-11(19)20/h9-10H,3-8H2,1-2H3,(H,19,20)(H,15,16,17). The lowest BCUT2D eigenvalue weighted by molar-refractivity contribution is -0.137. The first-order valence-corrected chi connectivity index (χ1v) is 7.44. The Labute approximate surface area is 123 Å². The molecule has 1 amide bonds. The lowest BCUT2D eigenvalue weighted by atomic mass is 9.98. The quantitative estimate of drug-likeness (QED) is 0.862. The van der Waals surface area contributed by atoms with Crippen molar-refractivity contribution in [3.05, 3.63) is 11.6 Å². The van der Waals surface area contributed by atoms with Crippen LogP contribution < -0.4 is 0 Å². The van der Waals surface area contributed by atoms with Gasteiger partial charge in [0.05, 0.1) is 0 Å². The highest BCUT2D eigenvalue weighted by Gasteiger charge is 2.30. The Morgan fingerprint density at radius 3 is 2.81 bits per heavy atom. The van der Waals surface area contributed by atoms with Gasteiger partial charge in [0, 0.05) is 24.9 Å². The third-order valence-corrected chi connectivity index (χ3v) is 3.82. The fourth-order valence-corrected chi connectivity index (χ4v) is 2.61. The Bertz CT molecular complexity index is 512. The van der Waals surface area contributed by atoms with E-state index in [1.165, 1.54) is 0 Å². The summed E-state index contributed by atoms with van der Waals surface area (Å²) in [6, 6.07) is -0.0247. The van der Waals surface area contributed by atoms with Crippen LogP contribution in [0.4, 0.5) is 0 Å². The molecular weight excluding hydrogens is 272 g/mol. The molecule has 1 aromatic rings. The monoisotopic (exact) mass is 294 g/mol. The summed E-state index contributed by atoms with van der Waals surface area (Å²) in [6.07, 6.45) is 3.39. The number of hydrogen-bond acceptors (Lipinski definition) is 4. The number of likely N-dealkylation sites (tertiary alicyclic amines) is 1. The van der Waals surface area contributed by atoms with Gasteiger partial charge >= 0.3 is 5.97 Å². The van der Waals surface area contributed by atoms with Crippen molar-refractivity contribution in [3.63, 3.8) is 0 Å². The van der Waals surface area contributed by atoms with Gasteiger partial charge in [0.15, 0.2) is 0 Å². The summed E-state index contributed by atoms with van der Waals surface area (Å²) in [5, 5.41) is 15.6. The zero-order valence-corrected chi connectivity index (χ0v) is 12.5. The number of hydrogen-bond donors (Lipinski definition) is 2. The highest BCUT2D eigenvalue weighted by atomic mass is 16.4. The molecule has 1 fully saturated rings. The normalized spacial score (nSPS) is 19.0. The van der Waals surface area contributed by atoms with Gasteiger partial charge in [-0.25, -0.2) is 4.98 Å². The predicted molar refractivity (Wildman–Crippen MR) is 76.0 cm³/mol. The lowest BCUT2D eigenvalue weighted by Crippen LogP contribution is -2.44. The maximum atomic E-state index is 12.5. The van der Waals surface area contributed by atoms with Gasteiger partial charge in [0.25, 0.3) is 5.91 Å². The summed E-state index contributed by atoms with van der Waals surface area (Å²) in [5.74, 6) is 0.0304. The Morgan fingerprint density at radius 1 is 1.43 bits per heavy atom. The number of aliphatic carboxylic acids is 1. The van der Waals surface area contributed by atoms with Crippen molar-refractivity contribution in [2.75, 3.05) is 6.54 Å². The van der Waals surface area contributed by atoms with E-state index in [0.717, 1.165) is 19.3 Å². The summed E-state index contributed by atoms with van der Waals surface area (Å²) in [7, 11) is 0. The van der Waals surface area contributed by atoms with E-state index >= 15 is 0 Å². The molecule has 1 unspecified atom stereocenters. The summed E-state index contributed by atoms with van der Waals surface area (Å²) in [5.41, 5.74) is 0. The number of piperidine rings is 1. The maximum Gasteiger partial charge on any atom is 0.303 e. The van der Waals surface area contributed by atoms with Crippen molar-refractivity contribution in [3.8, 4) is 0 Å². The number of amides is 1. The van der Waals surface area contributed by atoms with Gasteiger partial charge in [-0.05, 0) is 25.7 Å². The number of carbonyl (C=O) groups is 2. The fourth-order valence-electron chi connectivity index (χ4n) is 2.61. The Morgan fingerprint density at radius 2 is 2.19 bits per heavy atom. The second-order valence-electron chi connectivity index (χ2n) is 5.78. The minimum atomic E-state index is -0.826. The molecule has 0 aromatic carbocycles. The largest absolute Gasteiger partial charge is 0.481 e. The zero-order valence-electron chi connectivity index (χ0n) is 12.5. The summed E-state index contributed by atoms with van der Waals surface area (Å²) >= 11 is 0. The SMILES string of the molecule is CC(C)c1nc(C(=O)N2CCCCC2CCC(=O)O)n[nH]1. The highest BCUT2D eigenvalue weighted by Crippen LogP contribution is 2.22. The van der Waals surface area contributed by atoms with Crippen molar-refractivity contribution in [1.82, 2.24) is 20.1 Å². The van der Waals surface area contributed by atoms with Crippen molar-refractivity contribution in [2.45, 2.75) is 57.9 Å². The first-order chi connectivity index (χ1) is 9.99. The number of H-pyrrole nitrogens is 1. The van der Waals surface area contributed by atoms with Crippen molar-refractivity contribution in [1.29, 1.82) is 0 Å². The minimum absolute atomic E-state index is 0.0247. The van der Waals surface area contributed by atoms with Gasteiger partial charge in [0.2, 0.25) is 5.82 Å². The van der Waals surface area contributed by atoms with E-state index in [9.17, 15) is 9.59 Å². The van der Waals surface area contributed by atoms with Gasteiger partial charge in [-0.3, -0.25) is 14.7 Å². The molecule has 7 heteroatoms. The molecule has 0 saturated carbocycles. The molecular formula is C14H22N4O3. The fraction of sp³-hybridized carbons (Fsp3) is 0.714. The van der Waals surface area contributed by atoms with Crippen molar-refractivity contribution < 1.29 is 14.7 Å². The van der Waals surface area contributed by atoms with E-state index in [0.29, 0.717) is 18.8 Å². The Kier molecular flexibility index (Phi) is 4.93. The average Bonchev–Trinajstić information content (AvgIpc) is 2.94. The van der Waals surface area contributed by atoms with Crippen LogP contribution in [0, 0.1) is 0 Å². The summed E-state index contributed by atoms with van der Waals surface area (Å²) < 4.78 is 0. The predicted octanol–water partition coefficient (Wildman–Crippen LogP) is 1.79. The smallest absolute Gasteiger partial charge is 0.303 e. The average molecular weight is 294 g/mol. The molecule has 1 aliphatic heterocycles. The molecule has 21 heavy (non-hydrogen) atoms. The van der Waals surface area contributed by atoms with Gasteiger partial charge in [-0.15, -0.1) is 5.10 Å². The molecule has 2 rings (SSSR count). The second kappa shape index (κ2) is 6.69. The van der Waals surface area contributed by atoms with Crippen LogP contribution >= 0.6 is 0 Å². The maximum absolute atomic E-state index is 12.5. The number of rotatable bonds is 5. The third-order valence-electron chi connectivity index (χ3n) is 3.82. The molecule has 1 aromatic heterocycles. The molecule has 1 aliphatic rings. The molecule has 1 saturated heterocycles. The topological polar surface area (TPSA) is 99.2 Å². The Hall–Kier alpha value is -1.92. The van der Waals surface area contributed by atoms with Crippen LogP contribution in [0.15, 0.2) is 0 Å². The zero-order chi connectivity index (χ0) is 15.4. The third kappa shape index (κ3) is 3.80. The number of nitrogens with one attached hydrogen (secondary N) is 1. The van der Waals surface area contributed by atoms with E-state index < -0.39 is 5.97 Å². The minimum Gasteiger partial charge on any atom is -0.481 e. The van der Waals surface area contributed by atoms with Gasteiger partial charge in [-0.1, -0.05) is 13.8 Å². The van der Waals surface area contributed by atoms with Crippen LogP contribution in [-0.2, 0) is 4.79 Å². The van der Waals surface area contributed by atoms with Crippen LogP contribution in [0.3, 0.4) is 0 Å². The van der Waals surface area contributed by atoms with Crippen LogP contribution in [-0.4, -0.2) is 49.7 Å². The highest BCUT2D eigenvalue weighted by molar-refractivity contribution is 5.90. The molecule has 116 valence electrons. The van der Waals surface area contributed by atoms with E-state index in [1.54, 1.807) is 4.90 Å². The van der Waals surface area contributed by atoms with Crippen LogP contribution in [0.2, 0.25) is 0 Å². The molecule has 0 aliphatic carbocycles.